The van der Waals surface area contributed by atoms with Crippen molar-refractivity contribution >= 4 is 35.3 Å². The van der Waals surface area contributed by atoms with Gasteiger partial charge in [0.15, 0.2) is 8.29 Å². The second-order valence-corrected chi connectivity index (χ2v) is 4.52. The zero-order chi connectivity index (χ0) is 7.40. The van der Waals surface area contributed by atoms with E-state index < -0.39 is 0 Å². The first-order valence-corrected chi connectivity index (χ1v) is 4.92. The molecule has 0 amide bonds. The number of hydrogen-bond donors (Lipinski definition) is 2. The quantitative estimate of drug-likeness (QED) is 0.487. The van der Waals surface area contributed by atoms with Crippen LogP contribution in [-0.2, 0) is 19.5 Å². The van der Waals surface area contributed by atoms with Gasteiger partial charge in [-0.25, -0.2) is 0 Å². The molecular weight excluding hydrogens is 252 g/mol. The van der Waals surface area contributed by atoms with Crippen LogP contribution in [-0.4, -0.2) is 22.5 Å². The summed E-state index contributed by atoms with van der Waals surface area (Å²) in [5.41, 5.74) is 5.30. The number of nitrogens with two attached hydrogens (primary N) is 1. The van der Waals surface area contributed by atoms with Gasteiger partial charge < -0.3 is 5.73 Å². The van der Waals surface area contributed by atoms with E-state index in [2.05, 4.69) is 10.2 Å². The van der Waals surface area contributed by atoms with Gasteiger partial charge in [0, 0.05) is 31.8 Å². The zero-order valence-corrected chi connectivity index (χ0v) is 11.3. The molecule has 0 spiro atoms. The van der Waals surface area contributed by atoms with E-state index in [1.165, 1.54) is 11.3 Å². The molecule has 7 heteroatoms. The molecule has 0 atom stereocenters. The molecule has 0 aromatic carbocycles. The molecule has 1 rings (SSSR count). The topological polar surface area (TPSA) is 54.7 Å². The summed E-state index contributed by atoms with van der Waals surface area (Å²) < 4.78 is 1.69. The molecule has 0 aliphatic heterocycles. The number of thioether (sulfide) groups is 1. The molecule has 0 bridgehead atoms. The normalized spacial score (nSPS) is 9.18. The third kappa shape index (κ3) is 4.33. The van der Waals surface area contributed by atoms with Gasteiger partial charge in [0.25, 0.3) is 0 Å². The molecule has 3 nitrogen and oxygen atoms in total. The molecule has 1 heterocycles. The second kappa shape index (κ2) is 6.25. The Hall–Kier alpha value is 0.713. The van der Waals surface area contributed by atoms with Crippen LogP contribution < -0.4 is 5.73 Å². The van der Waals surface area contributed by atoms with Gasteiger partial charge in [-0.05, 0) is 12.2 Å². The maximum Gasteiger partial charge on any atom is 0.177 e. The predicted molar refractivity (Wildman–Crippen MR) is 47.1 cm³/mol. The fraction of sp³-hybridized carbons (Fsp3) is 0.500. The molecule has 1 aromatic heterocycles. The summed E-state index contributed by atoms with van der Waals surface area (Å²) in [6.07, 6.45) is 0. The van der Waals surface area contributed by atoms with Gasteiger partial charge in [-0.1, -0.05) is 23.1 Å². The van der Waals surface area contributed by atoms with Crippen molar-refractivity contribution in [2.45, 2.75) is 4.34 Å². The molecule has 58 valence electrons. The number of nitrogens with zero attached hydrogens (tertiary/aromatic N) is 1. The van der Waals surface area contributed by atoms with Crippen molar-refractivity contribution in [3.63, 3.8) is 0 Å². The molecule has 0 aliphatic rings. The smallest absolute Gasteiger partial charge is 0.177 e. The van der Waals surface area contributed by atoms with Crippen molar-refractivity contribution in [2.75, 3.05) is 12.3 Å². The minimum atomic E-state index is 0. The van der Waals surface area contributed by atoms with E-state index in [0.717, 1.165) is 14.0 Å². The molecule has 0 saturated heterocycles. The minimum absolute atomic E-state index is 0. The molecule has 0 saturated carbocycles. The van der Waals surface area contributed by atoms with E-state index in [4.69, 9.17) is 18.0 Å². The van der Waals surface area contributed by atoms with Crippen molar-refractivity contribution in [3.8, 4) is 0 Å². The summed E-state index contributed by atoms with van der Waals surface area (Å²) in [4.78, 5) is 0. The van der Waals surface area contributed by atoms with Gasteiger partial charge in [0.05, 0.1) is 0 Å². The standard InChI is InChI=1S/C4H7N3S3.Zn/c5-1-2-9-4-7-6-3(8)10-4;/h1-2,5H2,(H,6,8);. The average Bonchev–Trinajstić information content (AvgIpc) is 2.31. The van der Waals surface area contributed by atoms with Crippen molar-refractivity contribution in [2.24, 2.45) is 5.73 Å². The first-order valence-electron chi connectivity index (χ1n) is 2.71. The van der Waals surface area contributed by atoms with Crippen LogP contribution in [0.3, 0.4) is 0 Å². The minimum Gasteiger partial charge on any atom is -0.330 e. The Morgan fingerprint density at radius 2 is 2.45 bits per heavy atom. The summed E-state index contributed by atoms with van der Waals surface area (Å²) in [5.74, 6) is 0.899. The van der Waals surface area contributed by atoms with Gasteiger partial charge in [0.2, 0.25) is 0 Å². The van der Waals surface area contributed by atoms with Crippen LogP contribution in [0.4, 0.5) is 0 Å². The van der Waals surface area contributed by atoms with Crippen LogP contribution in [0.5, 0.6) is 0 Å². The van der Waals surface area contributed by atoms with E-state index in [-0.39, 0.29) is 19.5 Å². The Morgan fingerprint density at radius 1 is 1.73 bits per heavy atom. The van der Waals surface area contributed by atoms with Crippen LogP contribution in [0, 0.1) is 3.95 Å². The molecule has 0 radical (unpaired) electrons. The maximum atomic E-state index is 5.30. The zero-order valence-electron chi connectivity index (χ0n) is 5.87. The molecule has 1 aromatic rings. The number of H-pyrrole nitrogens is 1. The first kappa shape index (κ1) is 11.7. The molecular formula is C4H7N3S3Zn. The number of rotatable bonds is 3. The second-order valence-electron chi connectivity index (χ2n) is 1.52. The number of hydrogen-bond acceptors (Lipinski definition) is 5. The van der Waals surface area contributed by atoms with Crippen molar-refractivity contribution in [3.05, 3.63) is 3.95 Å². The van der Waals surface area contributed by atoms with Crippen LogP contribution in [0.1, 0.15) is 0 Å². The fourth-order valence-electron chi connectivity index (χ4n) is 0.424. The summed E-state index contributed by atoms with van der Waals surface area (Å²) in [6, 6.07) is 0. The Labute approximate surface area is 90.9 Å². The third-order valence-corrected chi connectivity index (χ3v) is 3.03. The van der Waals surface area contributed by atoms with Crippen LogP contribution in [0.2, 0.25) is 0 Å². The summed E-state index contributed by atoms with van der Waals surface area (Å²) in [7, 11) is 0. The van der Waals surface area contributed by atoms with E-state index in [1.54, 1.807) is 11.8 Å². The van der Waals surface area contributed by atoms with Gasteiger partial charge >= 0.3 is 0 Å². The third-order valence-electron chi connectivity index (χ3n) is 0.762. The SMILES string of the molecule is NCCSc1n[nH]c(=S)s1.[Zn]. The van der Waals surface area contributed by atoms with Crippen LogP contribution >= 0.6 is 35.3 Å². The molecule has 11 heavy (non-hydrogen) atoms. The summed E-state index contributed by atoms with van der Waals surface area (Å²) in [6.45, 7) is 0.678. The summed E-state index contributed by atoms with van der Waals surface area (Å²) in [5, 5.41) is 6.65. The molecule has 0 fully saturated rings. The van der Waals surface area contributed by atoms with Gasteiger partial charge in [-0.15, -0.1) is 0 Å². The van der Waals surface area contributed by atoms with E-state index in [9.17, 15) is 0 Å². The fourth-order valence-corrected chi connectivity index (χ4v) is 2.34. The number of aromatic amines is 1. The Balaban J connectivity index is 0.000001000. The maximum absolute atomic E-state index is 5.30. The molecule has 0 aliphatic carbocycles. The number of aromatic nitrogens is 2. The van der Waals surface area contributed by atoms with Crippen molar-refractivity contribution < 1.29 is 19.5 Å². The van der Waals surface area contributed by atoms with Gasteiger partial charge in [-0.2, -0.15) is 5.10 Å². The van der Waals surface area contributed by atoms with Crippen LogP contribution in [0.15, 0.2) is 4.34 Å². The first-order chi connectivity index (χ1) is 4.83. The average molecular weight is 259 g/mol. The van der Waals surface area contributed by atoms with E-state index in [1.807, 2.05) is 0 Å². The molecule has 0 unspecified atom stereocenters. The van der Waals surface area contributed by atoms with Crippen molar-refractivity contribution in [1.82, 2.24) is 10.2 Å². The summed E-state index contributed by atoms with van der Waals surface area (Å²) >= 11 is 7.95. The largest absolute Gasteiger partial charge is 0.330 e. The van der Waals surface area contributed by atoms with Gasteiger partial charge in [-0.3, -0.25) is 5.10 Å². The van der Waals surface area contributed by atoms with E-state index >= 15 is 0 Å². The van der Waals surface area contributed by atoms with Crippen molar-refractivity contribution in [1.29, 1.82) is 0 Å². The molecule has 3 N–H and O–H groups in total. The van der Waals surface area contributed by atoms with Gasteiger partial charge in [0.1, 0.15) is 0 Å². The Bertz CT molecular complexity index is 245. The van der Waals surface area contributed by atoms with Crippen LogP contribution in [0.25, 0.3) is 0 Å². The monoisotopic (exact) mass is 257 g/mol. The van der Waals surface area contributed by atoms with E-state index in [0.29, 0.717) is 6.54 Å². The number of nitrogens with one attached hydrogen (secondary N) is 1. The predicted octanol–water partition coefficient (Wildman–Crippen LogP) is 1.25. The Morgan fingerprint density at radius 3 is 2.91 bits per heavy atom. The Kier molecular flexibility index (Phi) is 6.66.